The first-order chi connectivity index (χ1) is 11.6. The third-order valence-electron chi connectivity index (χ3n) is 3.62. The maximum Gasteiger partial charge on any atom is 0.231 e. The molecule has 0 saturated heterocycles. The standard InChI is InChI=1S/C16H17N3O2S3/c1-3-6-22-15-17-18-16(24-15)23-9-13(20)10-4-5-12-11(7-10)8-14(21)19(12)2/h4-5,7H,3,6,8-9H2,1-2H3. The summed E-state index contributed by atoms with van der Waals surface area (Å²) < 4.78 is 1.77. The SMILES string of the molecule is CCCSc1nnc(SCC(=O)c2ccc3c(c2)CC(=O)N3C)s1. The van der Waals surface area contributed by atoms with Crippen LogP contribution < -0.4 is 4.90 Å². The van der Waals surface area contributed by atoms with Crippen LogP contribution in [0.25, 0.3) is 0 Å². The molecule has 0 radical (unpaired) electrons. The zero-order valence-corrected chi connectivity index (χ0v) is 15.9. The minimum Gasteiger partial charge on any atom is -0.315 e. The molecule has 1 aliphatic rings. The molecule has 0 saturated carbocycles. The summed E-state index contributed by atoms with van der Waals surface area (Å²) in [6, 6.07) is 5.48. The molecule has 0 bridgehead atoms. The van der Waals surface area contributed by atoms with Crippen LogP contribution in [0.1, 0.15) is 29.3 Å². The van der Waals surface area contributed by atoms with Crippen LogP contribution in [0.5, 0.6) is 0 Å². The number of benzene rings is 1. The van der Waals surface area contributed by atoms with Crippen molar-refractivity contribution < 1.29 is 9.59 Å². The lowest BCUT2D eigenvalue weighted by atomic mass is 10.1. The number of nitrogens with zero attached hydrogens (tertiary/aromatic N) is 3. The normalized spacial score (nSPS) is 13.4. The topological polar surface area (TPSA) is 63.2 Å². The van der Waals surface area contributed by atoms with Crippen LogP contribution in [0.15, 0.2) is 26.9 Å². The summed E-state index contributed by atoms with van der Waals surface area (Å²) in [4.78, 5) is 25.7. The molecule has 126 valence electrons. The van der Waals surface area contributed by atoms with E-state index >= 15 is 0 Å². The molecule has 0 spiro atoms. The van der Waals surface area contributed by atoms with E-state index in [1.807, 2.05) is 12.1 Å². The summed E-state index contributed by atoms with van der Waals surface area (Å²) in [6.07, 6.45) is 1.47. The van der Waals surface area contributed by atoms with E-state index in [1.165, 1.54) is 23.1 Å². The van der Waals surface area contributed by atoms with E-state index < -0.39 is 0 Å². The zero-order chi connectivity index (χ0) is 17.1. The molecular formula is C16H17N3O2S3. The fourth-order valence-corrected chi connectivity index (χ4v) is 5.20. The van der Waals surface area contributed by atoms with E-state index in [4.69, 9.17) is 0 Å². The second-order valence-corrected chi connectivity index (χ2v) is 8.91. The second-order valence-electron chi connectivity index (χ2n) is 5.37. The van der Waals surface area contributed by atoms with Gasteiger partial charge in [-0.15, -0.1) is 10.2 Å². The second kappa shape index (κ2) is 7.67. The number of fused-ring (bicyclic) bond motifs is 1. The molecule has 2 heterocycles. The number of anilines is 1. The number of thioether (sulfide) groups is 2. The third kappa shape index (κ3) is 3.81. The Morgan fingerprint density at radius 2 is 2.04 bits per heavy atom. The Bertz CT molecular complexity index is 776. The summed E-state index contributed by atoms with van der Waals surface area (Å²) >= 11 is 4.64. The van der Waals surface area contributed by atoms with Crippen molar-refractivity contribution in [1.29, 1.82) is 0 Å². The number of likely N-dealkylation sites (N-methyl/N-ethyl adjacent to an activating group) is 1. The number of rotatable bonds is 7. The van der Waals surface area contributed by atoms with Gasteiger partial charge >= 0.3 is 0 Å². The van der Waals surface area contributed by atoms with Crippen LogP contribution in [0.3, 0.4) is 0 Å². The Hall–Kier alpha value is -1.38. The van der Waals surface area contributed by atoms with Gasteiger partial charge in [-0.05, 0) is 30.2 Å². The van der Waals surface area contributed by atoms with Gasteiger partial charge in [-0.2, -0.15) is 0 Å². The van der Waals surface area contributed by atoms with Gasteiger partial charge in [0.15, 0.2) is 14.5 Å². The van der Waals surface area contributed by atoms with Gasteiger partial charge in [-0.1, -0.05) is 41.8 Å². The van der Waals surface area contributed by atoms with Crippen molar-refractivity contribution in [1.82, 2.24) is 10.2 Å². The molecule has 0 atom stereocenters. The summed E-state index contributed by atoms with van der Waals surface area (Å²) in [5.41, 5.74) is 2.47. The summed E-state index contributed by atoms with van der Waals surface area (Å²) in [7, 11) is 1.76. The Kier molecular flexibility index (Phi) is 5.57. The number of carbonyl (C=O) groups is 2. The Morgan fingerprint density at radius 3 is 2.79 bits per heavy atom. The van der Waals surface area contributed by atoms with Gasteiger partial charge in [0, 0.05) is 24.1 Å². The lowest BCUT2D eigenvalue weighted by molar-refractivity contribution is -0.117. The molecule has 0 fully saturated rings. The maximum absolute atomic E-state index is 12.4. The molecule has 0 aliphatic carbocycles. The minimum absolute atomic E-state index is 0.0442. The lowest BCUT2D eigenvalue weighted by Gasteiger charge is -2.10. The third-order valence-corrected chi connectivity index (χ3v) is 7.02. The first-order valence-electron chi connectivity index (χ1n) is 7.60. The average molecular weight is 380 g/mol. The van der Waals surface area contributed by atoms with Crippen molar-refractivity contribution in [2.24, 2.45) is 0 Å². The number of hydrogen-bond donors (Lipinski definition) is 0. The Balaban J connectivity index is 1.61. The van der Waals surface area contributed by atoms with Gasteiger partial charge in [0.05, 0.1) is 12.2 Å². The highest BCUT2D eigenvalue weighted by Gasteiger charge is 2.24. The quantitative estimate of drug-likeness (QED) is 0.542. The molecule has 1 aliphatic heterocycles. The largest absolute Gasteiger partial charge is 0.315 e. The fraction of sp³-hybridized carbons (Fsp3) is 0.375. The highest BCUT2D eigenvalue weighted by atomic mass is 32.2. The van der Waals surface area contributed by atoms with Crippen molar-refractivity contribution in [3.8, 4) is 0 Å². The number of carbonyl (C=O) groups excluding carboxylic acids is 2. The Labute approximate surface area is 153 Å². The van der Waals surface area contributed by atoms with E-state index in [0.717, 1.165) is 32.1 Å². The number of Topliss-reactive ketones (excluding diaryl/α,β-unsaturated/α-hetero) is 1. The van der Waals surface area contributed by atoms with Gasteiger partial charge in [-0.25, -0.2) is 0 Å². The van der Waals surface area contributed by atoms with Crippen LogP contribution in [0.2, 0.25) is 0 Å². The van der Waals surface area contributed by atoms with Gasteiger partial charge in [0.1, 0.15) is 0 Å². The molecule has 8 heteroatoms. The van der Waals surface area contributed by atoms with Crippen LogP contribution in [-0.4, -0.2) is 40.4 Å². The summed E-state index contributed by atoms with van der Waals surface area (Å²) in [5, 5.41) is 8.24. The van der Waals surface area contributed by atoms with Crippen molar-refractivity contribution in [3.63, 3.8) is 0 Å². The molecule has 1 aromatic heterocycles. The van der Waals surface area contributed by atoms with Crippen molar-refractivity contribution in [2.75, 3.05) is 23.5 Å². The fourth-order valence-electron chi connectivity index (χ4n) is 2.36. The average Bonchev–Trinajstić information content (AvgIpc) is 3.15. The number of amides is 1. The van der Waals surface area contributed by atoms with E-state index in [1.54, 1.807) is 29.8 Å². The monoisotopic (exact) mass is 379 g/mol. The summed E-state index contributed by atoms with van der Waals surface area (Å²) in [5.74, 6) is 1.47. The van der Waals surface area contributed by atoms with Crippen LogP contribution >= 0.6 is 34.9 Å². The lowest BCUT2D eigenvalue weighted by Crippen LogP contribution is -2.20. The number of ketones is 1. The van der Waals surface area contributed by atoms with E-state index in [9.17, 15) is 9.59 Å². The molecule has 2 aromatic rings. The predicted molar refractivity (Wildman–Crippen MR) is 99.5 cm³/mol. The molecule has 0 N–H and O–H groups in total. The highest BCUT2D eigenvalue weighted by molar-refractivity contribution is 8.03. The number of aromatic nitrogens is 2. The molecule has 3 rings (SSSR count). The van der Waals surface area contributed by atoms with Gasteiger partial charge in [0.25, 0.3) is 0 Å². The Morgan fingerprint density at radius 1 is 1.29 bits per heavy atom. The smallest absolute Gasteiger partial charge is 0.231 e. The van der Waals surface area contributed by atoms with Crippen LogP contribution in [-0.2, 0) is 11.2 Å². The van der Waals surface area contributed by atoms with E-state index in [2.05, 4.69) is 17.1 Å². The van der Waals surface area contributed by atoms with Crippen molar-refractivity contribution in [2.45, 2.75) is 28.4 Å². The molecular weight excluding hydrogens is 362 g/mol. The van der Waals surface area contributed by atoms with E-state index in [0.29, 0.717) is 17.7 Å². The van der Waals surface area contributed by atoms with E-state index in [-0.39, 0.29) is 11.7 Å². The molecule has 1 amide bonds. The first-order valence-corrected chi connectivity index (χ1v) is 10.4. The summed E-state index contributed by atoms with van der Waals surface area (Å²) in [6.45, 7) is 2.13. The van der Waals surface area contributed by atoms with Crippen molar-refractivity contribution >= 4 is 52.2 Å². The molecule has 5 nitrogen and oxygen atoms in total. The molecule has 1 aromatic carbocycles. The van der Waals surface area contributed by atoms with Gasteiger partial charge < -0.3 is 4.90 Å². The van der Waals surface area contributed by atoms with Crippen molar-refractivity contribution in [3.05, 3.63) is 29.3 Å². The highest BCUT2D eigenvalue weighted by Crippen LogP contribution is 2.31. The molecule has 0 unspecified atom stereocenters. The molecule has 24 heavy (non-hydrogen) atoms. The van der Waals surface area contributed by atoms with Crippen LogP contribution in [0.4, 0.5) is 5.69 Å². The first kappa shape index (κ1) is 17.4. The number of hydrogen-bond acceptors (Lipinski definition) is 7. The predicted octanol–water partition coefficient (Wildman–Crippen LogP) is 3.53. The van der Waals surface area contributed by atoms with Gasteiger partial charge in [0.2, 0.25) is 5.91 Å². The maximum atomic E-state index is 12.4. The minimum atomic E-state index is 0.0442. The van der Waals surface area contributed by atoms with Crippen LogP contribution in [0, 0.1) is 0 Å². The van der Waals surface area contributed by atoms with Gasteiger partial charge in [-0.3, -0.25) is 9.59 Å². The zero-order valence-electron chi connectivity index (χ0n) is 13.4.